The van der Waals surface area contributed by atoms with E-state index in [4.69, 9.17) is 17.3 Å². The van der Waals surface area contributed by atoms with Crippen molar-refractivity contribution in [2.45, 2.75) is 26.3 Å². The van der Waals surface area contributed by atoms with Crippen molar-refractivity contribution in [2.24, 2.45) is 5.92 Å². The Labute approximate surface area is 118 Å². The molecule has 2 rings (SSSR count). The molecule has 3 nitrogen and oxygen atoms in total. The molecule has 0 amide bonds. The molecular weight excluding hydrogens is 258 g/mol. The monoisotopic (exact) mass is 275 g/mol. The lowest BCUT2D eigenvalue weighted by molar-refractivity contribution is -0.131. The normalized spacial score (nSPS) is 21.7. The van der Waals surface area contributed by atoms with Crippen LogP contribution >= 0.6 is 12.2 Å². The summed E-state index contributed by atoms with van der Waals surface area (Å²) in [4.78, 5) is 11.8. The van der Waals surface area contributed by atoms with Crippen molar-refractivity contribution in [2.75, 3.05) is 0 Å². The Hall–Kier alpha value is -1.68. The van der Waals surface area contributed by atoms with E-state index in [-0.39, 0.29) is 6.04 Å². The van der Waals surface area contributed by atoms with E-state index in [1.807, 2.05) is 24.3 Å². The molecule has 2 N–H and O–H groups in total. The molecule has 0 aliphatic carbocycles. The zero-order chi connectivity index (χ0) is 14.0. The zero-order valence-electron chi connectivity index (χ0n) is 11.0. The lowest BCUT2D eigenvalue weighted by Crippen LogP contribution is -2.43. The van der Waals surface area contributed by atoms with E-state index in [1.54, 1.807) is 0 Å². The van der Waals surface area contributed by atoms with Gasteiger partial charge in [0, 0.05) is 11.6 Å². The van der Waals surface area contributed by atoms with Gasteiger partial charge in [0.2, 0.25) is 0 Å². The van der Waals surface area contributed by atoms with Gasteiger partial charge < -0.3 is 10.4 Å². The quantitative estimate of drug-likeness (QED) is 0.658. The van der Waals surface area contributed by atoms with Crippen molar-refractivity contribution in [3.8, 4) is 0 Å². The van der Waals surface area contributed by atoms with Crippen molar-refractivity contribution in [1.82, 2.24) is 5.32 Å². The highest BCUT2D eigenvalue weighted by Gasteiger charge is 2.29. The van der Waals surface area contributed by atoms with Crippen LogP contribution in [0.1, 0.15) is 31.4 Å². The third kappa shape index (κ3) is 2.68. The van der Waals surface area contributed by atoms with Gasteiger partial charge in [0.05, 0.1) is 6.04 Å². The van der Waals surface area contributed by atoms with E-state index in [0.717, 1.165) is 23.1 Å². The van der Waals surface area contributed by atoms with Gasteiger partial charge in [-0.1, -0.05) is 56.8 Å². The summed E-state index contributed by atoms with van der Waals surface area (Å²) in [6, 6.07) is 7.65. The minimum atomic E-state index is -0.923. The van der Waals surface area contributed by atoms with Gasteiger partial charge in [-0.3, -0.25) is 0 Å². The van der Waals surface area contributed by atoms with Crippen LogP contribution in [0.15, 0.2) is 30.3 Å². The minimum Gasteiger partial charge on any atom is -0.478 e. The van der Waals surface area contributed by atoms with E-state index >= 15 is 0 Å². The molecule has 0 aromatic heterocycles. The molecular formula is C15H17NO2S. The molecule has 0 bridgehead atoms. The molecule has 1 aromatic carbocycles. The number of fused-ring (bicyclic) bond motifs is 1. The number of carboxylic acids is 1. The number of benzene rings is 1. The summed E-state index contributed by atoms with van der Waals surface area (Å²) >= 11 is 5.39. The number of carboxylic acid groups (broad SMARTS) is 1. The van der Waals surface area contributed by atoms with Crippen LogP contribution in [-0.4, -0.2) is 22.1 Å². The van der Waals surface area contributed by atoms with Crippen molar-refractivity contribution in [3.05, 3.63) is 41.5 Å². The van der Waals surface area contributed by atoms with E-state index in [0.29, 0.717) is 10.9 Å². The summed E-state index contributed by atoms with van der Waals surface area (Å²) in [5.41, 5.74) is 2.65. The largest absolute Gasteiger partial charge is 0.478 e. The first kappa shape index (κ1) is 13.7. The molecule has 1 aromatic rings. The fourth-order valence-corrected chi connectivity index (χ4v) is 2.69. The van der Waals surface area contributed by atoms with Crippen LogP contribution in [0.5, 0.6) is 0 Å². The number of aliphatic carboxylic acids is 1. The average Bonchev–Trinajstić information content (AvgIpc) is 2.40. The second kappa shape index (κ2) is 5.53. The summed E-state index contributed by atoms with van der Waals surface area (Å²) in [6.45, 7) is 4.19. The van der Waals surface area contributed by atoms with Crippen molar-refractivity contribution in [3.63, 3.8) is 0 Å². The molecule has 0 saturated carbocycles. The Morgan fingerprint density at radius 2 is 2.11 bits per heavy atom. The van der Waals surface area contributed by atoms with Gasteiger partial charge in [-0.2, -0.15) is 0 Å². The molecule has 0 radical (unpaired) electrons. The van der Waals surface area contributed by atoms with Crippen molar-refractivity contribution < 1.29 is 9.90 Å². The van der Waals surface area contributed by atoms with Crippen LogP contribution in [0.4, 0.5) is 0 Å². The minimum absolute atomic E-state index is 0.0384. The molecule has 2 atom stereocenters. The standard InChI is InChI=1S/C15H17NO2S/c1-3-9(2)14-12(8-13(17)18)10-6-4-5-7-11(10)15(19)16-14/h4-9,14H,3H2,1-2H3,(H,16,19)(H,17,18). The third-order valence-electron chi connectivity index (χ3n) is 3.60. The predicted octanol–water partition coefficient (Wildman–Crippen LogP) is 2.85. The number of nitrogens with one attached hydrogen (secondary N) is 1. The fourth-order valence-electron chi connectivity index (χ4n) is 2.38. The lowest BCUT2D eigenvalue weighted by Gasteiger charge is -2.33. The molecule has 1 aliphatic heterocycles. The Kier molecular flexibility index (Phi) is 4.00. The van der Waals surface area contributed by atoms with E-state index in [2.05, 4.69) is 19.2 Å². The Bertz CT molecular complexity index is 551. The topological polar surface area (TPSA) is 49.3 Å². The third-order valence-corrected chi connectivity index (χ3v) is 3.93. The van der Waals surface area contributed by atoms with E-state index in [9.17, 15) is 4.79 Å². The average molecular weight is 275 g/mol. The maximum absolute atomic E-state index is 11.1. The first-order valence-electron chi connectivity index (χ1n) is 6.39. The highest BCUT2D eigenvalue weighted by Crippen LogP contribution is 2.31. The van der Waals surface area contributed by atoms with Crippen LogP contribution in [0.25, 0.3) is 5.57 Å². The number of hydrogen-bond donors (Lipinski definition) is 2. The van der Waals surface area contributed by atoms with Crippen LogP contribution in [0.2, 0.25) is 0 Å². The van der Waals surface area contributed by atoms with Crippen LogP contribution in [-0.2, 0) is 4.79 Å². The molecule has 4 heteroatoms. The fraction of sp³-hybridized carbons (Fsp3) is 0.333. The van der Waals surface area contributed by atoms with E-state index in [1.165, 1.54) is 6.08 Å². The van der Waals surface area contributed by atoms with E-state index < -0.39 is 5.97 Å². The molecule has 2 unspecified atom stereocenters. The molecule has 1 heterocycles. The molecule has 0 saturated heterocycles. The van der Waals surface area contributed by atoms with Crippen LogP contribution < -0.4 is 5.32 Å². The summed E-state index contributed by atoms with van der Waals surface area (Å²) in [5.74, 6) is -0.607. The number of carbonyl (C=O) groups is 1. The van der Waals surface area contributed by atoms with Gasteiger partial charge in [0.25, 0.3) is 0 Å². The predicted molar refractivity (Wildman–Crippen MR) is 80.1 cm³/mol. The second-order valence-corrected chi connectivity index (χ2v) is 5.23. The Morgan fingerprint density at radius 1 is 1.47 bits per heavy atom. The van der Waals surface area contributed by atoms with Gasteiger partial charge in [-0.05, 0) is 17.1 Å². The number of rotatable bonds is 3. The maximum atomic E-state index is 11.1. The number of thiocarbonyl (C=S) groups is 1. The van der Waals surface area contributed by atoms with Gasteiger partial charge >= 0.3 is 5.97 Å². The van der Waals surface area contributed by atoms with Crippen LogP contribution in [0, 0.1) is 5.92 Å². The second-order valence-electron chi connectivity index (χ2n) is 4.82. The lowest BCUT2D eigenvalue weighted by atomic mass is 9.83. The first-order valence-corrected chi connectivity index (χ1v) is 6.80. The molecule has 1 aliphatic rings. The summed E-state index contributed by atoms with van der Waals surface area (Å²) in [7, 11) is 0. The summed E-state index contributed by atoms with van der Waals surface area (Å²) in [5, 5.41) is 12.4. The molecule has 100 valence electrons. The van der Waals surface area contributed by atoms with Gasteiger partial charge in [0.1, 0.15) is 4.99 Å². The first-order chi connectivity index (χ1) is 9.04. The Balaban J connectivity index is 2.57. The summed E-state index contributed by atoms with van der Waals surface area (Å²) < 4.78 is 0. The Morgan fingerprint density at radius 3 is 2.68 bits per heavy atom. The molecule has 19 heavy (non-hydrogen) atoms. The smallest absolute Gasteiger partial charge is 0.328 e. The van der Waals surface area contributed by atoms with Crippen molar-refractivity contribution >= 4 is 28.7 Å². The number of hydrogen-bond acceptors (Lipinski definition) is 2. The van der Waals surface area contributed by atoms with Crippen LogP contribution in [0.3, 0.4) is 0 Å². The zero-order valence-corrected chi connectivity index (χ0v) is 11.8. The highest BCUT2D eigenvalue weighted by atomic mass is 32.1. The van der Waals surface area contributed by atoms with Gasteiger partial charge in [0.15, 0.2) is 0 Å². The molecule has 0 fully saturated rings. The molecule has 0 spiro atoms. The van der Waals surface area contributed by atoms with Crippen molar-refractivity contribution in [1.29, 1.82) is 0 Å². The summed E-state index contributed by atoms with van der Waals surface area (Å²) in [6.07, 6.45) is 2.25. The SMILES string of the molecule is CCC(C)C1NC(=S)c2ccccc2C1=CC(=O)O. The highest BCUT2D eigenvalue weighted by molar-refractivity contribution is 7.80. The maximum Gasteiger partial charge on any atom is 0.328 e. The van der Waals surface area contributed by atoms with Gasteiger partial charge in [-0.25, -0.2) is 4.79 Å². The van der Waals surface area contributed by atoms with Gasteiger partial charge in [-0.15, -0.1) is 0 Å².